The van der Waals surface area contributed by atoms with Gasteiger partial charge in [-0.1, -0.05) is 42.5 Å². The van der Waals surface area contributed by atoms with E-state index in [-0.39, 0.29) is 30.0 Å². The topological polar surface area (TPSA) is 38.8 Å². The van der Waals surface area contributed by atoms with Crippen molar-refractivity contribution in [2.45, 2.75) is 50.0 Å². The number of halogens is 1. The van der Waals surface area contributed by atoms with Gasteiger partial charge in [-0.15, -0.1) is 6.58 Å². The van der Waals surface area contributed by atoms with Crippen LogP contribution in [0.2, 0.25) is 0 Å². The van der Waals surface area contributed by atoms with Crippen molar-refractivity contribution in [1.29, 1.82) is 0 Å². The van der Waals surface area contributed by atoms with E-state index in [1.165, 1.54) is 17.7 Å². The van der Waals surface area contributed by atoms with E-state index < -0.39 is 6.10 Å². The van der Waals surface area contributed by atoms with E-state index in [4.69, 9.17) is 9.47 Å². The highest BCUT2D eigenvalue weighted by atomic mass is 19.1. The molecule has 1 amide bonds. The zero-order chi connectivity index (χ0) is 21.4. The van der Waals surface area contributed by atoms with Gasteiger partial charge >= 0.3 is 0 Å². The summed E-state index contributed by atoms with van der Waals surface area (Å²) in [7, 11) is 0. The van der Waals surface area contributed by atoms with Gasteiger partial charge in [0.1, 0.15) is 11.9 Å². The van der Waals surface area contributed by atoms with Crippen LogP contribution in [0.15, 0.2) is 61.2 Å². The van der Waals surface area contributed by atoms with E-state index in [0.29, 0.717) is 25.5 Å². The fraction of sp³-hybridized carbons (Fsp3) is 0.423. The van der Waals surface area contributed by atoms with Gasteiger partial charge in [-0.05, 0) is 60.4 Å². The van der Waals surface area contributed by atoms with E-state index in [2.05, 4.69) is 18.7 Å². The Morgan fingerprint density at radius 3 is 2.74 bits per heavy atom. The second-order valence-electron chi connectivity index (χ2n) is 8.78. The van der Waals surface area contributed by atoms with Crippen LogP contribution in [0, 0.1) is 11.7 Å². The lowest BCUT2D eigenvalue weighted by molar-refractivity contribution is -0.175. The van der Waals surface area contributed by atoms with Gasteiger partial charge in [-0.2, -0.15) is 0 Å². The lowest BCUT2D eigenvalue weighted by atomic mass is 9.84. The minimum Gasteiger partial charge on any atom is -0.368 e. The Kier molecular flexibility index (Phi) is 5.63. The van der Waals surface area contributed by atoms with Crippen molar-refractivity contribution in [2.24, 2.45) is 5.92 Å². The molecule has 0 aliphatic carbocycles. The highest BCUT2D eigenvalue weighted by Crippen LogP contribution is 2.38. The summed E-state index contributed by atoms with van der Waals surface area (Å²) >= 11 is 0. The maximum Gasteiger partial charge on any atom is 0.252 e. The maximum atomic E-state index is 13.7. The highest BCUT2D eigenvalue weighted by Gasteiger charge is 2.42. The number of nitrogens with zero attached hydrogens (tertiary/aromatic N) is 1. The minimum absolute atomic E-state index is 0.0214. The summed E-state index contributed by atoms with van der Waals surface area (Å²) in [6, 6.07) is 14.5. The number of rotatable bonds is 3. The Morgan fingerprint density at radius 2 is 1.94 bits per heavy atom. The van der Waals surface area contributed by atoms with Gasteiger partial charge in [0.2, 0.25) is 0 Å². The van der Waals surface area contributed by atoms with Gasteiger partial charge in [-0.25, -0.2) is 4.39 Å². The predicted octanol–water partition coefficient (Wildman–Crippen LogP) is 4.44. The van der Waals surface area contributed by atoms with Crippen molar-refractivity contribution in [3.63, 3.8) is 0 Å². The second kappa shape index (κ2) is 8.56. The average Bonchev–Trinajstić information content (AvgIpc) is 2.82. The molecule has 31 heavy (non-hydrogen) atoms. The fourth-order valence-electron chi connectivity index (χ4n) is 5.31. The lowest BCUT2D eigenvalue weighted by Gasteiger charge is -2.44. The quantitative estimate of drug-likeness (QED) is 0.688. The van der Waals surface area contributed by atoms with Gasteiger partial charge in [0, 0.05) is 6.54 Å². The molecule has 2 aromatic carbocycles. The molecule has 3 aliphatic heterocycles. The zero-order valence-corrected chi connectivity index (χ0v) is 17.6. The Labute approximate surface area is 182 Å². The molecule has 0 N–H and O–H groups in total. The molecule has 2 saturated heterocycles. The lowest BCUT2D eigenvalue weighted by Crippen LogP contribution is -2.52. The molecule has 3 aliphatic rings. The average molecular weight is 422 g/mol. The SMILES string of the molecule is C=C[C@@H]1CC[C@H]2C[C@H](C(=O)N3CCc4ccccc4[C@@H]3c3ccc(F)cc3)OC[C@@H]2O1. The van der Waals surface area contributed by atoms with Crippen molar-refractivity contribution in [2.75, 3.05) is 13.2 Å². The van der Waals surface area contributed by atoms with Crippen LogP contribution in [0.4, 0.5) is 4.39 Å². The largest absolute Gasteiger partial charge is 0.368 e. The first-order valence-corrected chi connectivity index (χ1v) is 11.2. The molecule has 2 fully saturated rings. The number of fused-ring (bicyclic) bond motifs is 2. The smallest absolute Gasteiger partial charge is 0.252 e. The molecule has 162 valence electrons. The molecule has 0 unspecified atom stereocenters. The van der Waals surface area contributed by atoms with Gasteiger partial charge in [0.25, 0.3) is 5.91 Å². The van der Waals surface area contributed by atoms with Crippen molar-refractivity contribution >= 4 is 5.91 Å². The van der Waals surface area contributed by atoms with Gasteiger partial charge < -0.3 is 14.4 Å². The number of hydrogen-bond donors (Lipinski definition) is 0. The van der Waals surface area contributed by atoms with Crippen molar-refractivity contribution in [1.82, 2.24) is 4.90 Å². The number of hydrogen-bond acceptors (Lipinski definition) is 3. The summed E-state index contributed by atoms with van der Waals surface area (Å²) in [6.07, 6.45) is 4.98. The normalized spacial score (nSPS) is 30.2. The van der Waals surface area contributed by atoms with Crippen molar-refractivity contribution in [3.05, 3.63) is 83.7 Å². The molecule has 4 nitrogen and oxygen atoms in total. The number of carbonyl (C=O) groups excluding carboxylic acids is 1. The molecule has 0 saturated carbocycles. The third kappa shape index (κ3) is 3.92. The molecule has 0 radical (unpaired) electrons. The molecule has 3 heterocycles. The first-order valence-electron chi connectivity index (χ1n) is 11.2. The Hall–Kier alpha value is -2.50. The van der Waals surface area contributed by atoms with E-state index in [9.17, 15) is 9.18 Å². The molecule has 5 rings (SSSR count). The van der Waals surface area contributed by atoms with E-state index in [0.717, 1.165) is 30.4 Å². The number of benzene rings is 2. The molecule has 5 heteroatoms. The third-order valence-electron chi connectivity index (χ3n) is 6.97. The van der Waals surface area contributed by atoms with Gasteiger partial charge in [0.05, 0.1) is 24.9 Å². The molecular formula is C26H28FNO3. The monoisotopic (exact) mass is 421 g/mol. The fourth-order valence-corrected chi connectivity index (χ4v) is 5.31. The van der Waals surface area contributed by atoms with E-state index >= 15 is 0 Å². The Bertz CT molecular complexity index is 959. The van der Waals surface area contributed by atoms with Crippen molar-refractivity contribution < 1.29 is 18.7 Å². The van der Waals surface area contributed by atoms with E-state index in [1.807, 2.05) is 23.1 Å². The first-order chi connectivity index (χ1) is 15.1. The van der Waals surface area contributed by atoms with Gasteiger partial charge in [-0.3, -0.25) is 4.79 Å². The number of ether oxygens (including phenoxy) is 2. The van der Waals surface area contributed by atoms with Crippen LogP contribution in [0.25, 0.3) is 0 Å². The van der Waals surface area contributed by atoms with Crippen molar-refractivity contribution in [3.8, 4) is 0 Å². The first kappa shape index (κ1) is 20.4. The standard InChI is InChI=1S/C26H28FNO3/c1-2-21-12-9-19-15-23(30-16-24(19)31-21)26(29)28-14-13-17-5-3-4-6-22(17)25(28)18-7-10-20(27)11-8-18/h2-8,10-11,19,21,23-25H,1,9,12-16H2/t19-,21+,23+,24-,25-/m0/s1. The van der Waals surface area contributed by atoms with Crippen LogP contribution in [0.3, 0.4) is 0 Å². The second-order valence-corrected chi connectivity index (χ2v) is 8.78. The van der Waals surface area contributed by atoms with E-state index in [1.54, 1.807) is 12.1 Å². The summed E-state index contributed by atoms with van der Waals surface area (Å²) in [6.45, 7) is 4.90. The summed E-state index contributed by atoms with van der Waals surface area (Å²) in [5.41, 5.74) is 3.27. The summed E-state index contributed by atoms with van der Waals surface area (Å²) in [4.78, 5) is 15.6. The Morgan fingerprint density at radius 1 is 1.13 bits per heavy atom. The van der Waals surface area contributed by atoms with Crippen LogP contribution in [-0.4, -0.2) is 42.3 Å². The molecule has 2 aromatic rings. The molecule has 0 spiro atoms. The minimum atomic E-state index is -0.460. The molecule has 0 aromatic heterocycles. The van der Waals surface area contributed by atoms with Crippen LogP contribution >= 0.6 is 0 Å². The Balaban J connectivity index is 1.40. The van der Waals surface area contributed by atoms with Crippen LogP contribution in [0.5, 0.6) is 0 Å². The van der Waals surface area contributed by atoms with Crippen LogP contribution in [-0.2, 0) is 20.7 Å². The highest BCUT2D eigenvalue weighted by molar-refractivity contribution is 5.82. The summed E-state index contributed by atoms with van der Waals surface area (Å²) in [5, 5.41) is 0. The van der Waals surface area contributed by atoms with Gasteiger partial charge in [0.15, 0.2) is 0 Å². The van der Waals surface area contributed by atoms with Crippen LogP contribution in [0.1, 0.15) is 42.0 Å². The summed E-state index contributed by atoms with van der Waals surface area (Å²) < 4.78 is 25.7. The predicted molar refractivity (Wildman–Crippen MR) is 116 cm³/mol. The molecule has 5 atom stereocenters. The van der Waals surface area contributed by atoms with Crippen LogP contribution < -0.4 is 0 Å². The molecule has 0 bridgehead atoms. The summed E-state index contributed by atoms with van der Waals surface area (Å²) in [5.74, 6) is 0.0795. The third-order valence-corrected chi connectivity index (χ3v) is 6.97. The zero-order valence-electron chi connectivity index (χ0n) is 17.6. The number of amides is 1. The maximum absolute atomic E-state index is 13.7. The molecular weight excluding hydrogens is 393 g/mol. The number of carbonyl (C=O) groups is 1.